The molecule has 0 bridgehead atoms. The molecule has 0 saturated carbocycles. The lowest BCUT2D eigenvalue weighted by Gasteiger charge is -2.14. The Labute approximate surface area is 127 Å². The third-order valence-corrected chi connectivity index (χ3v) is 4.78. The number of benzene rings is 1. The molecular formula is C13H15NO7S. The second kappa shape index (κ2) is 6.42. The molecule has 1 aliphatic rings. The van der Waals surface area contributed by atoms with E-state index in [2.05, 4.69) is 4.84 Å². The molecule has 0 N–H and O–H groups in total. The summed E-state index contributed by atoms with van der Waals surface area (Å²) in [7, 11) is -1.43. The van der Waals surface area contributed by atoms with Crippen LogP contribution in [0.4, 0.5) is 0 Å². The van der Waals surface area contributed by atoms with Crippen LogP contribution in [0, 0.1) is 0 Å². The number of carbonyl (C=O) groups is 2. The number of esters is 2. The Bertz CT molecular complexity index is 685. The van der Waals surface area contributed by atoms with Gasteiger partial charge in [-0.3, -0.25) is 4.84 Å². The number of ether oxygens (including phenoxy) is 2. The number of sulfonamides is 1. The number of rotatable bonds is 5. The zero-order valence-corrected chi connectivity index (χ0v) is 12.8. The second-order valence-electron chi connectivity index (χ2n) is 4.48. The molecule has 0 aliphatic carbocycles. The largest absolute Gasteiger partial charge is 0.463 e. The SMILES string of the molecule is CON(C)S(=O)(=O)c1cccc(C(=O)O[C@@H]2CCOC2=O)c1. The van der Waals surface area contributed by atoms with Gasteiger partial charge >= 0.3 is 11.9 Å². The van der Waals surface area contributed by atoms with E-state index in [1.165, 1.54) is 32.4 Å². The summed E-state index contributed by atoms with van der Waals surface area (Å²) >= 11 is 0. The third-order valence-electron chi connectivity index (χ3n) is 3.10. The average Bonchev–Trinajstić information content (AvgIpc) is 2.91. The monoisotopic (exact) mass is 329 g/mol. The first-order valence-electron chi connectivity index (χ1n) is 6.37. The van der Waals surface area contributed by atoms with E-state index < -0.39 is 28.1 Å². The van der Waals surface area contributed by atoms with Crippen molar-refractivity contribution in [1.29, 1.82) is 0 Å². The van der Waals surface area contributed by atoms with Gasteiger partial charge in [-0.15, -0.1) is 0 Å². The lowest BCUT2D eigenvalue weighted by Crippen LogP contribution is -2.26. The van der Waals surface area contributed by atoms with E-state index in [-0.39, 0.29) is 23.5 Å². The maximum atomic E-state index is 12.1. The van der Waals surface area contributed by atoms with Crippen LogP contribution in [0.5, 0.6) is 0 Å². The summed E-state index contributed by atoms with van der Waals surface area (Å²) in [6, 6.07) is 5.29. The van der Waals surface area contributed by atoms with E-state index in [1.54, 1.807) is 0 Å². The maximum Gasteiger partial charge on any atom is 0.347 e. The molecule has 0 amide bonds. The van der Waals surface area contributed by atoms with Gasteiger partial charge in [0.1, 0.15) is 0 Å². The summed E-state index contributed by atoms with van der Waals surface area (Å²) in [6.45, 7) is 0.198. The van der Waals surface area contributed by atoms with Crippen molar-refractivity contribution in [3.05, 3.63) is 29.8 Å². The lowest BCUT2D eigenvalue weighted by atomic mass is 10.2. The van der Waals surface area contributed by atoms with Gasteiger partial charge in [-0.05, 0) is 18.2 Å². The molecule has 1 aromatic carbocycles. The second-order valence-corrected chi connectivity index (χ2v) is 6.41. The number of carbonyl (C=O) groups excluding carboxylic acids is 2. The quantitative estimate of drug-likeness (QED) is 0.567. The highest BCUT2D eigenvalue weighted by Crippen LogP contribution is 2.18. The fraction of sp³-hybridized carbons (Fsp3) is 0.385. The lowest BCUT2D eigenvalue weighted by molar-refractivity contribution is -0.145. The summed E-state index contributed by atoms with van der Waals surface area (Å²) in [5.41, 5.74) is 0.0188. The van der Waals surface area contributed by atoms with Crippen LogP contribution in [0.3, 0.4) is 0 Å². The van der Waals surface area contributed by atoms with Crippen LogP contribution in [-0.2, 0) is 29.1 Å². The van der Waals surface area contributed by atoms with Crippen LogP contribution in [0.15, 0.2) is 29.2 Å². The fourth-order valence-electron chi connectivity index (χ4n) is 1.81. The van der Waals surface area contributed by atoms with E-state index in [0.717, 1.165) is 6.07 Å². The van der Waals surface area contributed by atoms with Crippen LogP contribution >= 0.6 is 0 Å². The smallest absolute Gasteiger partial charge is 0.347 e. The minimum absolute atomic E-state index is 0.0188. The summed E-state index contributed by atoms with van der Waals surface area (Å²) in [6.07, 6.45) is -0.663. The molecule has 0 radical (unpaired) electrons. The van der Waals surface area contributed by atoms with Crippen LogP contribution in [-0.4, -0.2) is 51.7 Å². The Morgan fingerprint density at radius 3 is 2.73 bits per heavy atom. The Kier molecular flexibility index (Phi) is 4.79. The summed E-state index contributed by atoms with van der Waals surface area (Å²) in [5, 5.41) is 0. The van der Waals surface area contributed by atoms with Crippen molar-refractivity contribution in [3.63, 3.8) is 0 Å². The van der Waals surface area contributed by atoms with Crippen molar-refractivity contribution in [1.82, 2.24) is 4.47 Å². The minimum Gasteiger partial charge on any atom is -0.463 e. The highest BCUT2D eigenvalue weighted by molar-refractivity contribution is 7.89. The molecule has 22 heavy (non-hydrogen) atoms. The van der Waals surface area contributed by atoms with Gasteiger partial charge in [0.15, 0.2) is 0 Å². The highest BCUT2D eigenvalue weighted by atomic mass is 32.2. The van der Waals surface area contributed by atoms with Gasteiger partial charge in [0, 0.05) is 13.5 Å². The van der Waals surface area contributed by atoms with Crippen molar-refractivity contribution in [3.8, 4) is 0 Å². The van der Waals surface area contributed by atoms with Crippen molar-refractivity contribution >= 4 is 22.0 Å². The Hall–Kier alpha value is -1.97. The Morgan fingerprint density at radius 1 is 1.41 bits per heavy atom. The third kappa shape index (κ3) is 3.26. The molecule has 0 unspecified atom stereocenters. The van der Waals surface area contributed by atoms with Gasteiger partial charge in [-0.25, -0.2) is 18.0 Å². The molecule has 1 fully saturated rings. The molecule has 1 heterocycles. The zero-order valence-electron chi connectivity index (χ0n) is 12.0. The van der Waals surface area contributed by atoms with E-state index in [9.17, 15) is 18.0 Å². The van der Waals surface area contributed by atoms with Gasteiger partial charge in [0.2, 0.25) is 6.10 Å². The Balaban J connectivity index is 2.21. The zero-order chi connectivity index (χ0) is 16.3. The number of hydroxylamine groups is 1. The molecule has 1 saturated heterocycles. The predicted molar refractivity (Wildman–Crippen MR) is 73.2 cm³/mol. The van der Waals surface area contributed by atoms with Crippen LogP contribution in [0.1, 0.15) is 16.8 Å². The number of nitrogens with zero attached hydrogens (tertiary/aromatic N) is 1. The number of hydrogen-bond donors (Lipinski definition) is 0. The average molecular weight is 329 g/mol. The number of cyclic esters (lactones) is 1. The molecule has 0 aromatic heterocycles. The Morgan fingerprint density at radius 2 is 2.14 bits per heavy atom. The normalized spacial score (nSPS) is 18.3. The molecule has 120 valence electrons. The summed E-state index contributed by atoms with van der Waals surface area (Å²) < 4.78 is 34.6. The van der Waals surface area contributed by atoms with Crippen molar-refractivity contribution in [2.75, 3.05) is 20.8 Å². The van der Waals surface area contributed by atoms with Gasteiger partial charge in [0.25, 0.3) is 10.0 Å². The molecule has 8 nitrogen and oxygen atoms in total. The molecular weight excluding hydrogens is 314 g/mol. The van der Waals surface area contributed by atoms with Gasteiger partial charge < -0.3 is 9.47 Å². The summed E-state index contributed by atoms with van der Waals surface area (Å²) in [4.78, 5) is 27.8. The molecule has 1 aliphatic heterocycles. The number of hydrogen-bond acceptors (Lipinski definition) is 7. The van der Waals surface area contributed by atoms with Crippen LogP contribution < -0.4 is 0 Å². The highest BCUT2D eigenvalue weighted by Gasteiger charge is 2.31. The molecule has 1 aromatic rings. The molecule has 1 atom stereocenters. The van der Waals surface area contributed by atoms with E-state index in [4.69, 9.17) is 9.47 Å². The van der Waals surface area contributed by atoms with Crippen molar-refractivity contribution < 1.29 is 32.3 Å². The summed E-state index contributed by atoms with van der Waals surface area (Å²) in [5.74, 6) is -1.39. The van der Waals surface area contributed by atoms with Crippen LogP contribution in [0.25, 0.3) is 0 Å². The van der Waals surface area contributed by atoms with Crippen molar-refractivity contribution in [2.45, 2.75) is 17.4 Å². The first-order chi connectivity index (χ1) is 10.4. The van der Waals surface area contributed by atoms with E-state index in [0.29, 0.717) is 4.47 Å². The van der Waals surface area contributed by atoms with Gasteiger partial charge in [-0.2, -0.15) is 0 Å². The molecule has 2 rings (SSSR count). The first kappa shape index (κ1) is 16.4. The molecule has 0 spiro atoms. The maximum absolute atomic E-state index is 12.1. The van der Waals surface area contributed by atoms with Crippen molar-refractivity contribution in [2.24, 2.45) is 0 Å². The fourth-order valence-corrected chi connectivity index (χ4v) is 2.83. The van der Waals surface area contributed by atoms with Crippen LogP contribution in [0.2, 0.25) is 0 Å². The van der Waals surface area contributed by atoms with E-state index >= 15 is 0 Å². The van der Waals surface area contributed by atoms with Gasteiger partial charge in [0.05, 0.1) is 24.2 Å². The standard InChI is InChI=1S/C13H15NO7S/c1-14(19-2)22(17,18)10-5-3-4-9(8-10)12(15)21-11-6-7-20-13(11)16/h3-5,8,11H,6-7H2,1-2H3/t11-/m1/s1. The topological polar surface area (TPSA) is 99.2 Å². The van der Waals surface area contributed by atoms with E-state index in [1.807, 2.05) is 0 Å². The first-order valence-corrected chi connectivity index (χ1v) is 7.81. The molecule has 9 heteroatoms. The minimum atomic E-state index is -3.87. The predicted octanol–water partition coefficient (Wildman–Crippen LogP) is 0.341. The van der Waals surface area contributed by atoms with Gasteiger partial charge in [-0.1, -0.05) is 10.5 Å².